The number of ether oxygens (including phenoxy) is 1. The van der Waals surface area contributed by atoms with E-state index in [0.717, 1.165) is 23.8 Å². The lowest BCUT2D eigenvalue weighted by Gasteiger charge is -2.14. The largest absolute Gasteiger partial charge is 0.497 e. The number of rotatable bonds is 4. The van der Waals surface area contributed by atoms with Crippen LogP contribution in [0.5, 0.6) is 5.75 Å². The van der Waals surface area contributed by atoms with E-state index in [1.165, 1.54) is 0 Å². The number of hydrogen-bond donors (Lipinski definition) is 2. The second-order valence-corrected chi connectivity index (χ2v) is 6.85. The molecule has 6 heteroatoms. The Labute approximate surface area is 162 Å². The van der Waals surface area contributed by atoms with Gasteiger partial charge in [-0.25, -0.2) is 0 Å². The maximum Gasteiger partial charge on any atom is 0.288 e. The summed E-state index contributed by atoms with van der Waals surface area (Å²) >= 11 is 0. The monoisotopic (exact) mass is 378 g/mol. The van der Waals surface area contributed by atoms with Gasteiger partial charge in [0.15, 0.2) is 0 Å². The average molecular weight is 378 g/mol. The van der Waals surface area contributed by atoms with E-state index < -0.39 is 11.9 Å². The zero-order valence-electron chi connectivity index (χ0n) is 15.7. The molecule has 1 saturated heterocycles. The molecule has 28 heavy (non-hydrogen) atoms. The number of hydrogen-bond acceptors (Lipinski definition) is 4. The van der Waals surface area contributed by atoms with E-state index >= 15 is 0 Å². The van der Waals surface area contributed by atoms with Crippen LogP contribution in [-0.4, -0.2) is 31.5 Å². The number of amides is 2. The molecule has 6 nitrogen and oxygen atoms in total. The highest BCUT2D eigenvalue weighted by atomic mass is 16.5. The molecule has 0 aliphatic carbocycles. The van der Waals surface area contributed by atoms with E-state index in [-0.39, 0.29) is 11.7 Å². The van der Waals surface area contributed by atoms with Gasteiger partial charge in [0.05, 0.1) is 7.11 Å². The summed E-state index contributed by atoms with van der Waals surface area (Å²) in [5.41, 5.74) is 2.15. The number of carbonyl (C=O) groups is 2. The van der Waals surface area contributed by atoms with Gasteiger partial charge in [0.25, 0.3) is 5.91 Å². The molecule has 1 unspecified atom stereocenters. The number of nitrogens with one attached hydrogen (secondary N) is 2. The molecule has 1 atom stereocenters. The minimum absolute atomic E-state index is 0.148. The molecule has 1 fully saturated rings. The maximum absolute atomic E-state index is 13.1. The van der Waals surface area contributed by atoms with Crippen molar-refractivity contribution < 1.29 is 18.7 Å². The molecule has 1 aromatic heterocycles. The lowest BCUT2D eigenvalue weighted by atomic mass is 10.0. The van der Waals surface area contributed by atoms with Gasteiger partial charge in [0.1, 0.15) is 17.4 Å². The average Bonchev–Trinajstić information content (AvgIpc) is 3.00. The number of furan rings is 1. The number of carbonyl (C=O) groups excluding carboxylic acids is 2. The van der Waals surface area contributed by atoms with Gasteiger partial charge >= 0.3 is 0 Å². The molecule has 0 bridgehead atoms. The summed E-state index contributed by atoms with van der Waals surface area (Å²) in [4.78, 5) is 25.3. The number of methoxy groups -OCH3 is 1. The molecule has 0 spiro atoms. The van der Waals surface area contributed by atoms with Crippen LogP contribution in [0, 0.1) is 0 Å². The highest BCUT2D eigenvalue weighted by Crippen LogP contribution is 2.36. The van der Waals surface area contributed by atoms with Gasteiger partial charge in [-0.1, -0.05) is 30.3 Å². The van der Waals surface area contributed by atoms with Gasteiger partial charge in [-0.05, 0) is 37.0 Å². The van der Waals surface area contributed by atoms with Crippen LogP contribution in [0.15, 0.2) is 52.9 Å². The van der Waals surface area contributed by atoms with Crippen LogP contribution in [0.1, 0.15) is 29.8 Å². The highest BCUT2D eigenvalue weighted by Gasteiger charge is 2.27. The Balaban J connectivity index is 1.76. The first-order valence-electron chi connectivity index (χ1n) is 9.42. The molecule has 2 N–H and O–H groups in total. The quantitative estimate of drug-likeness (QED) is 0.728. The van der Waals surface area contributed by atoms with Crippen LogP contribution in [0.2, 0.25) is 0 Å². The Morgan fingerprint density at radius 2 is 2.00 bits per heavy atom. The van der Waals surface area contributed by atoms with Crippen LogP contribution in [0.4, 0.5) is 0 Å². The summed E-state index contributed by atoms with van der Waals surface area (Å²) in [7, 11) is 1.58. The van der Waals surface area contributed by atoms with Crippen LogP contribution in [-0.2, 0) is 4.79 Å². The number of benzene rings is 2. The van der Waals surface area contributed by atoms with Crippen LogP contribution in [0.3, 0.4) is 0 Å². The van der Waals surface area contributed by atoms with Crippen LogP contribution >= 0.6 is 0 Å². The lowest BCUT2D eigenvalue weighted by molar-refractivity contribution is -0.122. The van der Waals surface area contributed by atoms with E-state index in [2.05, 4.69) is 10.6 Å². The van der Waals surface area contributed by atoms with Gasteiger partial charge < -0.3 is 19.8 Å². The second-order valence-electron chi connectivity index (χ2n) is 6.85. The topological polar surface area (TPSA) is 80.6 Å². The van der Waals surface area contributed by atoms with Gasteiger partial charge in [-0.3, -0.25) is 9.59 Å². The van der Waals surface area contributed by atoms with Crippen LogP contribution < -0.4 is 15.4 Å². The first-order chi connectivity index (χ1) is 13.7. The van der Waals surface area contributed by atoms with Crippen molar-refractivity contribution in [1.29, 1.82) is 0 Å². The Morgan fingerprint density at radius 3 is 2.79 bits per heavy atom. The third-order valence-electron chi connectivity index (χ3n) is 5.01. The second kappa shape index (κ2) is 7.76. The summed E-state index contributed by atoms with van der Waals surface area (Å²) in [5.74, 6) is 0.309. The fourth-order valence-corrected chi connectivity index (χ4v) is 3.56. The van der Waals surface area contributed by atoms with Crippen molar-refractivity contribution in [1.82, 2.24) is 10.6 Å². The molecule has 144 valence electrons. The minimum atomic E-state index is -0.554. The molecule has 2 amide bonds. The third-order valence-corrected chi connectivity index (χ3v) is 5.01. The summed E-state index contributed by atoms with van der Waals surface area (Å²) < 4.78 is 11.2. The van der Waals surface area contributed by atoms with Gasteiger partial charge in [-0.2, -0.15) is 0 Å². The predicted molar refractivity (Wildman–Crippen MR) is 106 cm³/mol. The van der Waals surface area contributed by atoms with Crippen molar-refractivity contribution in [3.8, 4) is 16.9 Å². The summed E-state index contributed by atoms with van der Waals surface area (Å²) in [6.45, 7) is 0.644. The van der Waals surface area contributed by atoms with E-state index in [1.807, 2.05) is 42.5 Å². The molecule has 1 aliphatic heterocycles. The molecular weight excluding hydrogens is 356 g/mol. The SMILES string of the molecule is COc1ccc2c(-c3ccccc3)c(C(=O)NC3CCCCNC3=O)oc2c1. The maximum atomic E-state index is 13.1. The third kappa shape index (κ3) is 3.45. The first-order valence-corrected chi connectivity index (χ1v) is 9.42. The fraction of sp³-hybridized carbons (Fsp3) is 0.273. The van der Waals surface area contributed by atoms with E-state index in [4.69, 9.17) is 9.15 Å². The number of fused-ring (bicyclic) bond motifs is 1. The zero-order valence-corrected chi connectivity index (χ0v) is 15.7. The van der Waals surface area contributed by atoms with Crippen molar-refractivity contribution in [2.75, 3.05) is 13.7 Å². The standard InChI is InChI=1S/C22H22N2O4/c1-27-15-10-11-16-18(13-15)28-20(19(16)14-7-3-2-4-8-14)22(26)24-17-9-5-6-12-23-21(17)25/h2-4,7-8,10-11,13,17H,5-6,9,12H2,1H3,(H,23,25)(H,24,26). The molecule has 1 aliphatic rings. The van der Waals surface area contributed by atoms with E-state index in [0.29, 0.717) is 29.9 Å². The normalized spacial score (nSPS) is 17.0. The van der Waals surface area contributed by atoms with Crippen molar-refractivity contribution >= 4 is 22.8 Å². The smallest absolute Gasteiger partial charge is 0.288 e. The van der Waals surface area contributed by atoms with Crippen molar-refractivity contribution in [2.45, 2.75) is 25.3 Å². The van der Waals surface area contributed by atoms with Crippen molar-refractivity contribution in [3.63, 3.8) is 0 Å². The zero-order chi connectivity index (χ0) is 19.5. The van der Waals surface area contributed by atoms with Gasteiger partial charge in [0, 0.05) is 23.6 Å². The molecule has 0 radical (unpaired) electrons. The van der Waals surface area contributed by atoms with Crippen LogP contribution in [0.25, 0.3) is 22.1 Å². The Bertz CT molecular complexity index is 1010. The Kier molecular flexibility index (Phi) is 5.02. The van der Waals surface area contributed by atoms with E-state index in [1.54, 1.807) is 13.2 Å². The van der Waals surface area contributed by atoms with Gasteiger partial charge in [0.2, 0.25) is 11.7 Å². The lowest BCUT2D eigenvalue weighted by Crippen LogP contribution is -2.45. The summed E-state index contributed by atoms with van der Waals surface area (Å²) in [6, 6.07) is 14.5. The molecule has 3 aromatic rings. The molecular formula is C22H22N2O4. The molecule has 2 aromatic carbocycles. The van der Waals surface area contributed by atoms with E-state index in [9.17, 15) is 9.59 Å². The molecule has 2 heterocycles. The highest BCUT2D eigenvalue weighted by molar-refractivity contribution is 6.09. The first kappa shape index (κ1) is 18.1. The fourth-order valence-electron chi connectivity index (χ4n) is 3.56. The van der Waals surface area contributed by atoms with Crippen molar-refractivity contribution in [2.24, 2.45) is 0 Å². The predicted octanol–water partition coefficient (Wildman–Crippen LogP) is 3.51. The summed E-state index contributed by atoms with van der Waals surface area (Å²) in [6.07, 6.45) is 2.41. The Hall–Kier alpha value is -3.28. The molecule has 4 rings (SSSR count). The summed E-state index contributed by atoms with van der Waals surface area (Å²) in [5, 5.41) is 6.51. The van der Waals surface area contributed by atoms with Gasteiger partial charge in [-0.15, -0.1) is 0 Å². The minimum Gasteiger partial charge on any atom is -0.497 e. The molecule has 0 saturated carbocycles. The Morgan fingerprint density at radius 1 is 1.18 bits per heavy atom. The van der Waals surface area contributed by atoms with Crippen molar-refractivity contribution in [3.05, 3.63) is 54.3 Å².